The van der Waals surface area contributed by atoms with Crippen molar-refractivity contribution in [3.8, 4) is 0 Å². The van der Waals surface area contributed by atoms with E-state index in [0.717, 1.165) is 15.6 Å². The maximum atomic E-state index is 10.5. The van der Waals surface area contributed by atoms with Crippen LogP contribution in [0.3, 0.4) is 0 Å². The average Bonchev–Trinajstić information content (AvgIpc) is 2.23. The standard InChI is InChI=1S/C11H14BrNO2/c1-8-9(6-13-7-10(8)12)11(14)2-4-15-5-3-11/h6-7,14H,2-5H2,1H3. The molecule has 0 aromatic carbocycles. The van der Waals surface area contributed by atoms with Gasteiger partial charge in [-0.3, -0.25) is 4.98 Å². The Labute approximate surface area is 97.6 Å². The molecule has 1 aromatic rings. The zero-order valence-corrected chi connectivity index (χ0v) is 10.2. The Morgan fingerprint density at radius 1 is 1.40 bits per heavy atom. The molecule has 82 valence electrons. The van der Waals surface area contributed by atoms with Crippen LogP contribution in [-0.2, 0) is 10.3 Å². The third-order valence-corrected chi connectivity index (χ3v) is 3.77. The summed E-state index contributed by atoms with van der Waals surface area (Å²) in [5, 5.41) is 10.5. The second-order valence-electron chi connectivity index (χ2n) is 3.94. The van der Waals surface area contributed by atoms with Gasteiger partial charge in [0.1, 0.15) is 0 Å². The van der Waals surface area contributed by atoms with Gasteiger partial charge in [0.2, 0.25) is 0 Å². The molecule has 0 amide bonds. The minimum Gasteiger partial charge on any atom is -0.385 e. The first-order valence-electron chi connectivity index (χ1n) is 5.04. The summed E-state index contributed by atoms with van der Waals surface area (Å²) >= 11 is 3.43. The summed E-state index contributed by atoms with van der Waals surface area (Å²) in [6.07, 6.45) is 4.80. The van der Waals surface area contributed by atoms with Crippen molar-refractivity contribution in [2.75, 3.05) is 13.2 Å². The molecule has 15 heavy (non-hydrogen) atoms. The van der Waals surface area contributed by atoms with Crippen molar-refractivity contribution in [3.05, 3.63) is 28.0 Å². The van der Waals surface area contributed by atoms with E-state index in [4.69, 9.17) is 4.74 Å². The van der Waals surface area contributed by atoms with Crippen LogP contribution in [0.5, 0.6) is 0 Å². The number of pyridine rings is 1. The van der Waals surface area contributed by atoms with Crippen molar-refractivity contribution in [2.24, 2.45) is 0 Å². The molecule has 1 N–H and O–H groups in total. The van der Waals surface area contributed by atoms with Crippen molar-refractivity contribution >= 4 is 15.9 Å². The zero-order chi connectivity index (χ0) is 10.9. The smallest absolute Gasteiger partial charge is 0.0958 e. The van der Waals surface area contributed by atoms with Crippen LogP contribution in [0.15, 0.2) is 16.9 Å². The third-order valence-electron chi connectivity index (χ3n) is 2.98. The Kier molecular flexibility index (Phi) is 3.09. The molecule has 1 aliphatic rings. The number of aromatic nitrogens is 1. The fourth-order valence-electron chi connectivity index (χ4n) is 1.95. The molecule has 0 bridgehead atoms. The summed E-state index contributed by atoms with van der Waals surface area (Å²) < 4.78 is 6.21. The molecular formula is C11H14BrNO2. The van der Waals surface area contributed by atoms with Gasteiger partial charge in [-0.05, 0) is 28.4 Å². The summed E-state index contributed by atoms with van der Waals surface area (Å²) in [5.74, 6) is 0. The summed E-state index contributed by atoms with van der Waals surface area (Å²) in [4.78, 5) is 4.12. The highest BCUT2D eigenvalue weighted by Gasteiger charge is 2.33. The van der Waals surface area contributed by atoms with E-state index >= 15 is 0 Å². The second-order valence-corrected chi connectivity index (χ2v) is 4.79. The monoisotopic (exact) mass is 271 g/mol. The number of rotatable bonds is 1. The molecule has 2 rings (SSSR count). The zero-order valence-electron chi connectivity index (χ0n) is 8.66. The molecule has 0 spiro atoms. The molecule has 0 saturated carbocycles. The van der Waals surface area contributed by atoms with Crippen molar-refractivity contribution in [2.45, 2.75) is 25.4 Å². The number of aliphatic hydroxyl groups is 1. The van der Waals surface area contributed by atoms with Gasteiger partial charge in [0, 0.05) is 48.5 Å². The molecule has 0 aliphatic carbocycles. The number of nitrogens with zero attached hydrogens (tertiary/aromatic N) is 1. The van der Waals surface area contributed by atoms with Gasteiger partial charge in [-0.2, -0.15) is 0 Å². The Balaban J connectivity index is 2.39. The maximum Gasteiger partial charge on any atom is 0.0958 e. The first-order valence-corrected chi connectivity index (χ1v) is 5.83. The number of ether oxygens (including phenoxy) is 1. The predicted molar refractivity (Wildman–Crippen MR) is 60.6 cm³/mol. The lowest BCUT2D eigenvalue weighted by molar-refractivity contribution is -0.0684. The summed E-state index contributed by atoms with van der Waals surface area (Å²) in [6.45, 7) is 3.22. The molecule has 3 nitrogen and oxygen atoms in total. The number of hydrogen-bond donors (Lipinski definition) is 1. The van der Waals surface area contributed by atoms with Crippen LogP contribution in [0.25, 0.3) is 0 Å². The molecule has 1 fully saturated rings. The van der Waals surface area contributed by atoms with Crippen LogP contribution >= 0.6 is 15.9 Å². The van der Waals surface area contributed by atoms with Crippen molar-refractivity contribution in [1.82, 2.24) is 4.98 Å². The van der Waals surface area contributed by atoms with Crippen LogP contribution < -0.4 is 0 Å². The Hall–Kier alpha value is -0.450. The Bertz CT molecular complexity index is 362. The molecular weight excluding hydrogens is 258 g/mol. The van der Waals surface area contributed by atoms with E-state index in [1.165, 1.54) is 0 Å². The van der Waals surface area contributed by atoms with E-state index in [1.54, 1.807) is 12.4 Å². The predicted octanol–water partition coefficient (Wildman–Crippen LogP) is 2.15. The van der Waals surface area contributed by atoms with Crippen molar-refractivity contribution in [1.29, 1.82) is 0 Å². The van der Waals surface area contributed by atoms with E-state index in [1.807, 2.05) is 6.92 Å². The molecule has 0 unspecified atom stereocenters. The van der Waals surface area contributed by atoms with Gasteiger partial charge in [-0.15, -0.1) is 0 Å². The first kappa shape index (κ1) is 11.0. The van der Waals surface area contributed by atoms with Gasteiger partial charge in [0.05, 0.1) is 5.60 Å². The van der Waals surface area contributed by atoms with Crippen molar-refractivity contribution in [3.63, 3.8) is 0 Å². The normalized spacial score (nSPS) is 20.2. The Morgan fingerprint density at radius 3 is 2.73 bits per heavy atom. The van der Waals surface area contributed by atoms with E-state index in [2.05, 4.69) is 20.9 Å². The van der Waals surface area contributed by atoms with Gasteiger partial charge >= 0.3 is 0 Å². The van der Waals surface area contributed by atoms with E-state index in [9.17, 15) is 5.11 Å². The van der Waals surface area contributed by atoms with Gasteiger partial charge in [0.15, 0.2) is 0 Å². The minimum atomic E-state index is -0.765. The van der Waals surface area contributed by atoms with Gasteiger partial charge in [0.25, 0.3) is 0 Å². The summed E-state index contributed by atoms with van der Waals surface area (Å²) in [7, 11) is 0. The van der Waals surface area contributed by atoms with E-state index in [-0.39, 0.29) is 0 Å². The quantitative estimate of drug-likeness (QED) is 0.851. The molecule has 0 radical (unpaired) electrons. The highest BCUT2D eigenvalue weighted by atomic mass is 79.9. The highest BCUT2D eigenvalue weighted by molar-refractivity contribution is 9.10. The average molecular weight is 272 g/mol. The van der Waals surface area contributed by atoms with Gasteiger partial charge < -0.3 is 9.84 Å². The summed E-state index contributed by atoms with van der Waals surface area (Å²) in [6, 6.07) is 0. The fraction of sp³-hybridized carbons (Fsp3) is 0.545. The van der Waals surface area contributed by atoms with Crippen LogP contribution in [0.2, 0.25) is 0 Å². The molecule has 1 aliphatic heterocycles. The molecule has 2 heterocycles. The van der Waals surface area contributed by atoms with Crippen LogP contribution in [0.1, 0.15) is 24.0 Å². The molecule has 1 saturated heterocycles. The molecule has 0 atom stereocenters. The van der Waals surface area contributed by atoms with Crippen molar-refractivity contribution < 1.29 is 9.84 Å². The van der Waals surface area contributed by atoms with Crippen LogP contribution in [0.4, 0.5) is 0 Å². The summed E-state index contributed by atoms with van der Waals surface area (Å²) in [5.41, 5.74) is 1.22. The van der Waals surface area contributed by atoms with E-state index in [0.29, 0.717) is 26.1 Å². The molecule has 4 heteroatoms. The fourth-order valence-corrected chi connectivity index (χ4v) is 2.28. The van der Waals surface area contributed by atoms with Gasteiger partial charge in [-0.25, -0.2) is 0 Å². The topological polar surface area (TPSA) is 42.4 Å². The second kappa shape index (κ2) is 4.20. The maximum absolute atomic E-state index is 10.5. The Morgan fingerprint density at radius 2 is 2.07 bits per heavy atom. The lowest BCUT2D eigenvalue weighted by atomic mass is 9.85. The van der Waals surface area contributed by atoms with Gasteiger partial charge in [-0.1, -0.05) is 0 Å². The lowest BCUT2D eigenvalue weighted by Crippen LogP contribution is -2.34. The SMILES string of the molecule is Cc1c(Br)cncc1C1(O)CCOCC1. The van der Waals surface area contributed by atoms with E-state index < -0.39 is 5.60 Å². The molecule has 1 aromatic heterocycles. The minimum absolute atomic E-state index is 0.614. The number of hydrogen-bond acceptors (Lipinski definition) is 3. The largest absolute Gasteiger partial charge is 0.385 e. The third kappa shape index (κ3) is 2.07. The highest BCUT2D eigenvalue weighted by Crippen LogP contribution is 2.35. The first-order chi connectivity index (χ1) is 7.13. The van der Waals surface area contributed by atoms with Crippen LogP contribution in [-0.4, -0.2) is 23.3 Å². The number of halogens is 1. The lowest BCUT2D eigenvalue weighted by Gasteiger charge is -2.33. The van der Waals surface area contributed by atoms with Crippen LogP contribution in [0, 0.1) is 6.92 Å².